The van der Waals surface area contributed by atoms with E-state index >= 15 is 0 Å². The Balaban J connectivity index is 1.28. The smallest absolute Gasteiger partial charge is 0.227 e. The Labute approximate surface area is 282 Å². The Hall–Kier alpha value is -6.20. The summed E-state index contributed by atoms with van der Waals surface area (Å²) in [5.41, 5.74) is 9.41. The van der Waals surface area contributed by atoms with Crippen molar-refractivity contribution in [2.24, 2.45) is 0 Å². The molecule has 0 aliphatic heterocycles. The molecule has 0 aliphatic rings. The molecule has 6 aromatic carbocycles. The molecule has 0 fully saturated rings. The first-order valence-corrected chi connectivity index (χ1v) is 16.7. The lowest BCUT2D eigenvalue weighted by Gasteiger charge is -2.20. The molecule has 234 valence electrons. The number of pyridine rings is 1. The average Bonchev–Trinajstić information content (AvgIpc) is 3.80. The van der Waals surface area contributed by atoms with Gasteiger partial charge in [0, 0.05) is 39.0 Å². The zero-order valence-electron chi connectivity index (χ0n) is 27.5. The van der Waals surface area contributed by atoms with Gasteiger partial charge in [0.1, 0.15) is 11.3 Å². The van der Waals surface area contributed by atoms with Crippen molar-refractivity contribution in [2.45, 2.75) is 26.2 Å². The summed E-state index contributed by atoms with van der Waals surface area (Å²) in [6.07, 6.45) is 1.94. The predicted octanol–water partition coefficient (Wildman–Crippen LogP) is 11.5. The van der Waals surface area contributed by atoms with E-state index in [1.54, 1.807) is 0 Å². The standard InChI is InChI=1S/C44H32N4O/c1-44(2,3)30-20-21-45-42(25-30)48-37-14-8-6-12-32(37)33-19-17-31(26-40(33)48)47-38-24-29(43-46-36-13-7-9-15-41(36)49-43)16-18-34(38)35-22-27-10-4-5-11-28(27)23-39(35)47/h4-26H,1-3H3. The third-order valence-corrected chi connectivity index (χ3v) is 9.93. The van der Waals surface area contributed by atoms with Crippen molar-refractivity contribution in [3.8, 4) is 23.0 Å². The van der Waals surface area contributed by atoms with Crippen molar-refractivity contribution >= 4 is 65.5 Å². The molecule has 0 saturated heterocycles. The van der Waals surface area contributed by atoms with E-state index in [1.165, 1.54) is 37.9 Å². The monoisotopic (exact) mass is 632 g/mol. The van der Waals surface area contributed by atoms with Crippen molar-refractivity contribution in [1.29, 1.82) is 0 Å². The molecular formula is C44H32N4O. The van der Waals surface area contributed by atoms with Crippen LogP contribution in [-0.2, 0) is 5.41 Å². The number of hydrogen-bond donors (Lipinski definition) is 0. The Morgan fingerprint density at radius 3 is 2.10 bits per heavy atom. The summed E-state index contributed by atoms with van der Waals surface area (Å²) in [6.45, 7) is 6.74. The van der Waals surface area contributed by atoms with E-state index in [0.29, 0.717) is 5.89 Å². The molecule has 0 spiro atoms. The van der Waals surface area contributed by atoms with E-state index in [2.05, 4.69) is 139 Å². The first kappa shape index (κ1) is 27.9. The number of fused-ring (bicyclic) bond motifs is 8. The van der Waals surface area contributed by atoms with Gasteiger partial charge in [-0.15, -0.1) is 0 Å². The third-order valence-electron chi connectivity index (χ3n) is 9.93. The van der Waals surface area contributed by atoms with E-state index in [4.69, 9.17) is 14.4 Å². The van der Waals surface area contributed by atoms with Crippen LogP contribution in [0.2, 0.25) is 0 Å². The highest BCUT2D eigenvalue weighted by atomic mass is 16.3. The zero-order valence-corrected chi connectivity index (χ0v) is 27.5. The molecule has 0 N–H and O–H groups in total. The highest BCUT2D eigenvalue weighted by molar-refractivity contribution is 6.15. The lowest BCUT2D eigenvalue weighted by molar-refractivity contribution is 0.588. The molecule has 0 bridgehead atoms. The minimum Gasteiger partial charge on any atom is -0.436 e. The first-order chi connectivity index (χ1) is 23.9. The van der Waals surface area contributed by atoms with Gasteiger partial charge in [0.25, 0.3) is 0 Å². The Morgan fingerprint density at radius 1 is 0.551 bits per heavy atom. The molecule has 0 aliphatic carbocycles. The lowest BCUT2D eigenvalue weighted by Crippen LogP contribution is -2.12. The van der Waals surface area contributed by atoms with Gasteiger partial charge in [0.15, 0.2) is 5.58 Å². The van der Waals surface area contributed by atoms with Gasteiger partial charge >= 0.3 is 0 Å². The second kappa shape index (κ2) is 10.1. The van der Waals surface area contributed by atoms with Gasteiger partial charge in [-0.2, -0.15) is 0 Å². The fraction of sp³-hybridized carbons (Fsp3) is 0.0909. The van der Waals surface area contributed by atoms with Gasteiger partial charge < -0.3 is 8.98 Å². The molecule has 0 atom stereocenters. The summed E-state index contributed by atoms with van der Waals surface area (Å²) in [4.78, 5) is 9.76. The molecule has 0 amide bonds. The number of benzene rings is 6. The highest BCUT2D eigenvalue weighted by Crippen LogP contribution is 2.40. The van der Waals surface area contributed by atoms with Crippen LogP contribution < -0.4 is 0 Å². The average molecular weight is 633 g/mol. The van der Waals surface area contributed by atoms with Gasteiger partial charge in [0.05, 0.1) is 22.1 Å². The van der Waals surface area contributed by atoms with E-state index in [0.717, 1.165) is 50.2 Å². The Bertz CT molecular complexity index is 2900. The highest BCUT2D eigenvalue weighted by Gasteiger charge is 2.20. The molecule has 0 saturated carbocycles. The molecule has 5 nitrogen and oxygen atoms in total. The second-order valence-corrected chi connectivity index (χ2v) is 14.0. The summed E-state index contributed by atoms with van der Waals surface area (Å²) in [6, 6.07) is 47.5. The van der Waals surface area contributed by atoms with Gasteiger partial charge in [-0.3, -0.25) is 4.57 Å². The zero-order chi connectivity index (χ0) is 32.9. The largest absolute Gasteiger partial charge is 0.436 e. The van der Waals surface area contributed by atoms with Crippen LogP contribution in [0.25, 0.3) is 88.4 Å². The molecule has 4 aromatic heterocycles. The second-order valence-electron chi connectivity index (χ2n) is 14.0. The minimum atomic E-state index is -0.000237. The molecule has 4 heterocycles. The Morgan fingerprint density at radius 2 is 1.24 bits per heavy atom. The summed E-state index contributed by atoms with van der Waals surface area (Å²) < 4.78 is 11.0. The van der Waals surface area contributed by atoms with Crippen molar-refractivity contribution in [3.63, 3.8) is 0 Å². The summed E-state index contributed by atoms with van der Waals surface area (Å²) in [5.74, 6) is 1.53. The fourth-order valence-electron chi connectivity index (χ4n) is 7.46. The van der Waals surface area contributed by atoms with Crippen molar-refractivity contribution < 1.29 is 4.42 Å². The SMILES string of the molecule is CC(C)(C)c1ccnc(-n2c3ccccc3c3ccc(-n4c5cc(-c6nc7ccccc7o6)ccc5c5cc6ccccc6cc54)cc32)c1. The normalized spacial score (nSPS) is 12.4. The summed E-state index contributed by atoms with van der Waals surface area (Å²) in [7, 11) is 0. The van der Waals surface area contributed by atoms with E-state index in [9.17, 15) is 0 Å². The van der Waals surface area contributed by atoms with Crippen molar-refractivity contribution in [3.05, 3.63) is 145 Å². The predicted molar refractivity (Wildman–Crippen MR) is 202 cm³/mol. The number of oxazole rings is 1. The van der Waals surface area contributed by atoms with Crippen LogP contribution in [0.4, 0.5) is 0 Å². The molecular weight excluding hydrogens is 601 g/mol. The van der Waals surface area contributed by atoms with E-state index in [1.807, 2.05) is 30.5 Å². The van der Waals surface area contributed by atoms with E-state index in [-0.39, 0.29) is 5.41 Å². The van der Waals surface area contributed by atoms with Crippen LogP contribution in [-0.4, -0.2) is 19.1 Å². The summed E-state index contributed by atoms with van der Waals surface area (Å²) >= 11 is 0. The number of hydrogen-bond acceptors (Lipinski definition) is 3. The number of para-hydroxylation sites is 3. The molecule has 0 radical (unpaired) electrons. The molecule has 10 aromatic rings. The van der Waals surface area contributed by atoms with Crippen LogP contribution in [0.15, 0.2) is 144 Å². The third kappa shape index (κ3) is 4.25. The lowest BCUT2D eigenvalue weighted by atomic mass is 9.88. The molecule has 49 heavy (non-hydrogen) atoms. The van der Waals surface area contributed by atoms with Gasteiger partial charge in [-0.05, 0) is 88.5 Å². The number of aromatic nitrogens is 4. The van der Waals surface area contributed by atoms with Crippen LogP contribution in [0.3, 0.4) is 0 Å². The summed E-state index contributed by atoms with van der Waals surface area (Å²) in [5, 5.41) is 7.21. The van der Waals surface area contributed by atoms with Crippen molar-refractivity contribution in [2.75, 3.05) is 0 Å². The topological polar surface area (TPSA) is 48.8 Å². The maximum absolute atomic E-state index is 6.24. The number of nitrogens with zero attached hydrogens (tertiary/aromatic N) is 4. The van der Waals surface area contributed by atoms with Crippen LogP contribution in [0.5, 0.6) is 0 Å². The Kier molecular flexibility index (Phi) is 5.77. The van der Waals surface area contributed by atoms with Gasteiger partial charge in [0.2, 0.25) is 5.89 Å². The van der Waals surface area contributed by atoms with Crippen LogP contribution >= 0.6 is 0 Å². The quantitative estimate of drug-likeness (QED) is 0.195. The molecule has 10 rings (SSSR count). The first-order valence-electron chi connectivity index (χ1n) is 16.7. The minimum absolute atomic E-state index is 0.000237. The molecule has 5 heteroatoms. The van der Waals surface area contributed by atoms with Gasteiger partial charge in [-0.1, -0.05) is 87.5 Å². The fourth-order valence-corrected chi connectivity index (χ4v) is 7.46. The van der Waals surface area contributed by atoms with Gasteiger partial charge in [-0.25, -0.2) is 9.97 Å². The van der Waals surface area contributed by atoms with Crippen molar-refractivity contribution in [1.82, 2.24) is 19.1 Å². The maximum atomic E-state index is 6.24. The maximum Gasteiger partial charge on any atom is 0.227 e. The van der Waals surface area contributed by atoms with Crippen LogP contribution in [0, 0.1) is 0 Å². The number of rotatable bonds is 3. The molecule has 0 unspecified atom stereocenters. The van der Waals surface area contributed by atoms with E-state index < -0.39 is 0 Å². The van der Waals surface area contributed by atoms with Crippen LogP contribution in [0.1, 0.15) is 26.3 Å².